The molecule has 1 aliphatic heterocycles. The summed E-state index contributed by atoms with van der Waals surface area (Å²) in [6, 6.07) is 9.04. The van der Waals surface area contributed by atoms with Crippen LogP contribution < -0.4 is 20.1 Å². The standard InChI is InChI=1S/C21H18F3N5O4S/c1-29-17(9-25-19(31)12-2-7-15-16(8-12)33-11-32-15)27-28-20(29)34-10-18(30)26-14-5-3-13(4-6-14)21(22,23)24/h2-8H,9-11H2,1H3,(H,25,31)(H,26,30). The van der Waals surface area contributed by atoms with Crippen LogP contribution in [-0.4, -0.2) is 39.1 Å². The first-order valence-electron chi connectivity index (χ1n) is 9.87. The zero-order valence-electron chi connectivity index (χ0n) is 17.7. The third-order valence-electron chi connectivity index (χ3n) is 4.80. The second kappa shape index (κ2) is 9.63. The number of benzene rings is 2. The number of aromatic nitrogens is 3. The normalized spacial score (nSPS) is 12.5. The Morgan fingerprint density at radius 1 is 1.09 bits per heavy atom. The van der Waals surface area contributed by atoms with E-state index in [1.165, 1.54) is 12.1 Å². The number of alkyl halides is 3. The van der Waals surface area contributed by atoms with E-state index < -0.39 is 17.6 Å². The topological polar surface area (TPSA) is 107 Å². The number of carbonyl (C=O) groups excluding carboxylic acids is 2. The highest BCUT2D eigenvalue weighted by Crippen LogP contribution is 2.32. The summed E-state index contributed by atoms with van der Waals surface area (Å²) in [4.78, 5) is 24.6. The molecular formula is C21H18F3N5O4S. The van der Waals surface area contributed by atoms with Gasteiger partial charge in [0.25, 0.3) is 5.91 Å². The number of nitrogens with one attached hydrogen (secondary N) is 2. The molecule has 0 atom stereocenters. The van der Waals surface area contributed by atoms with Gasteiger partial charge in [-0.2, -0.15) is 13.2 Å². The van der Waals surface area contributed by atoms with E-state index in [9.17, 15) is 22.8 Å². The molecule has 2 heterocycles. The van der Waals surface area contributed by atoms with Crippen molar-refractivity contribution < 1.29 is 32.2 Å². The molecule has 2 amide bonds. The van der Waals surface area contributed by atoms with Gasteiger partial charge < -0.3 is 24.7 Å². The van der Waals surface area contributed by atoms with Crippen molar-refractivity contribution in [2.24, 2.45) is 7.05 Å². The predicted octanol–water partition coefficient (Wildman–Crippen LogP) is 3.22. The molecule has 0 aliphatic carbocycles. The maximum Gasteiger partial charge on any atom is 0.416 e. The van der Waals surface area contributed by atoms with Crippen LogP contribution in [0.1, 0.15) is 21.7 Å². The number of amides is 2. The van der Waals surface area contributed by atoms with Crippen LogP contribution in [0.3, 0.4) is 0 Å². The summed E-state index contributed by atoms with van der Waals surface area (Å²) in [6.07, 6.45) is -4.44. The lowest BCUT2D eigenvalue weighted by Crippen LogP contribution is -2.24. The van der Waals surface area contributed by atoms with Gasteiger partial charge in [0.2, 0.25) is 12.7 Å². The number of fused-ring (bicyclic) bond motifs is 1. The lowest BCUT2D eigenvalue weighted by Gasteiger charge is -2.09. The number of hydrogen-bond acceptors (Lipinski definition) is 7. The first-order chi connectivity index (χ1) is 16.2. The molecule has 4 rings (SSSR count). The molecule has 0 saturated heterocycles. The second-order valence-corrected chi connectivity index (χ2v) is 8.06. The fourth-order valence-corrected chi connectivity index (χ4v) is 3.72. The van der Waals surface area contributed by atoms with Crippen molar-refractivity contribution in [1.82, 2.24) is 20.1 Å². The van der Waals surface area contributed by atoms with E-state index in [-0.39, 0.29) is 30.7 Å². The fourth-order valence-electron chi connectivity index (χ4n) is 2.99. The van der Waals surface area contributed by atoms with Gasteiger partial charge in [-0.1, -0.05) is 11.8 Å². The molecule has 0 radical (unpaired) electrons. The lowest BCUT2D eigenvalue weighted by atomic mass is 10.2. The van der Waals surface area contributed by atoms with Crippen molar-refractivity contribution in [3.63, 3.8) is 0 Å². The maximum atomic E-state index is 12.6. The molecule has 9 nitrogen and oxygen atoms in total. The molecule has 3 aromatic rings. The number of halogens is 3. The molecule has 0 bridgehead atoms. The van der Waals surface area contributed by atoms with Crippen LogP contribution in [0, 0.1) is 0 Å². The zero-order valence-corrected chi connectivity index (χ0v) is 18.5. The summed E-state index contributed by atoms with van der Waals surface area (Å²) in [5.41, 5.74) is -0.137. The average Bonchev–Trinajstić information content (AvgIpc) is 3.41. The quantitative estimate of drug-likeness (QED) is 0.487. The van der Waals surface area contributed by atoms with Crippen molar-refractivity contribution >= 4 is 29.3 Å². The highest BCUT2D eigenvalue weighted by molar-refractivity contribution is 7.99. The van der Waals surface area contributed by atoms with Crippen LogP contribution in [0.2, 0.25) is 0 Å². The summed E-state index contributed by atoms with van der Waals surface area (Å²) in [6.45, 7) is 0.219. The number of anilines is 1. The fraction of sp³-hybridized carbons (Fsp3) is 0.238. The Bertz CT molecular complexity index is 1210. The molecule has 0 saturated carbocycles. The number of thioether (sulfide) groups is 1. The van der Waals surface area contributed by atoms with Crippen LogP contribution in [0.5, 0.6) is 11.5 Å². The Balaban J connectivity index is 1.27. The van der Waals surface area contributed by atoms with Gasteiger partial charge in [-0.05, 0) is 42.5 Å². The predicted molar refractivity (Wildman–Crippen MR) is 116 cm³/mol. The first kappa shape index (κ1) is 23.4. The highest BCUT2D eigenvalue weighted by atomic mass is 32.2. The van der Waals surface area contributed by atoms with Gasteiger partial charge >= 0.3 is 6.18 Å². The molecule has 1 aromatic heterocycles. The molecule has 2 aromatic carbocycles. The van der Waals surface area contributed by atoms with Crippen LogP contribution in [0.4, 0.5) is 18.9 Å². The largest absolute Gasteiger partial charge is 0.454 e. The summed E-state index contributed by atoms with van der Waals surface area (Å²) in [5.74, 6) is 0.779. The van der Waals surface area contributed by atoms with Crippen molar-refractivity contribution in [1.29, 1.82) is 0 Å². The average molecular weight is 493 g/mol. The van der Waals surface area contributed by atoms with Crippen LogP contribution >= 0.6 is 11.8 Å². The minimum Gasteiger partial charge on any atom is -0.454 e. The van der Waals surface area contributed by atoms with Gasteiger partial charge in [0.15, 0.2) is 22.5 Å². The molecule has 0 fully saturated rings. The van der Waals surface area contributed by atoms with Crippen molar-refractivity contribution in [2.45, 2.75) is 17.9 Å². The number of carbonyl (C=O) groups is 2. The third kappa shape index (κ3) is 5.42. The molecule has 0 spiro atoms. The molecular weight excluding hydrogens is 475 g/mol. The summed E-state index contributed by atoms with van der Waals surface area (Å²) in [7, 11) is 1.69. The van der Waals surface area contributed by atoms with Gasteiger partial charge in [-0.25, -0.2) is 0 Å². The molecule has 0 unspecified atom stereocenters. The Labute approximate surface area is 195 Å². The number of hydrogen-bond donors (Lipinski definition) is 2. The van der Waals surface area contributed by atoms with E-state index in [0.29, 0.717) is 28.0 Å². The van der Waals surface area contributed by atoms with E-state index in [2.05, 4.69) is 20.8 Å². The monoisotopic (exact) mass is 493 g/mol. The maximum absolute atomic E-state index is 12.6. The molecule has 13 heteroatoms. The Kier molecular flexibility index (Phi) is 6.63. The minimum atomic E-state index is -4.44. The number of nitrogens with zero attached hydrogens (tertiary/aromatic N) is 3. The third-order valence-corrected chi connectivity index (χ3v) is 5.82. The van der Waals surface area contributed by atoms with E-state index in [4.69, 9.17) is 9.47 Å². The number of ether oxygens (including phenoxy) is 2. The zero-order chi connectivity index (χ0) is 24.3. The van der Waals surface area contributed by atoms with Crippen molar-refractivity contribution in [2.75, 3.05) is 17.9 Å². The summed E-state index contributed by atoms with van der Waals surface area (Å²) < 4.78 is 50.0. The smallest absolute Gasteiger partial charge is 0.416 e. The Morgan fingerprint density at radius 2 is 1.82 bits per heavy atom. The van der Waals surface area contributed by atoms with Gasteiger partial charge in [0.05, 0.1) is 17.9 Å². The van der Waals surface area contributed by atoms with Gasteiger partial charge in [0, 0.05) is 18.3 Å². The van der Waals surface area contributed by atoms with Gasteiger partial charge in [0.1, 0.15) is 0 Å². The van der Waals surface area contributed by atoms with Gasteiger partial charge in [-0.3, -0.25) is 9.59 Å². The second-order valence-electron chi connectivity index (χ2n) is 7.12. The Hall–Kier alpha value is -3.74. The molecule has 2 N–H and O–H groups in total. The highest BCUT2D eigenvalue weighted by Gasteiger charge is 2.30. The van der Waals surface area contributed by atoms with Gasteiger partial charge in [-0.15, -0.1) is 10.2 Å². The Morgan fingerprint density at radius 3 is 2.56 bits per heavy atom. The first-order valence-corrected chi connectivity index (χ1v) is 10.9. The van der Waals surface area contributed by atoms with E-state index in [0.717, 1.165) is 23.9 Å². The molecule has 34 heavy (non-hydrogen) atoms. The summed E-state index contributed by atoms with van der Waals surface area (Å²) in [5, 5.41) is 13.8. The van der Waals surface area contributed by atoms with Crippen LogP contribution in [0.25, 0.3) is 0 Å². The van der Waals surface area contributed by atoms with Crippen molar-refractivity contribution in [3.05, 3.63) is 59.4 Å². The van der Waals surface area contributed by atoms with Crippen LogP contribution in [0.15, 0.2) is 47.6 Å². The van der Waals surface area contributed by atoms with E-state index in [1.54, 1.807) is 29.8 Å². The van der Waals surface area contributed by atoms with Crippen molar-refractivity contribution in [3.8, 4) is 11.5 Å². The van der Waals surface area contributed by atoms with Crippen LogP contribution in [-0.2, 0) is 24.6 Å². The lowest BCUT2D eigenvalue weighted by molar-refractivity contribution is -0.137. The molecule has 1 aliphatic rings. The van der Waals surface area contributed by atoms with E-state index >= 15 is 0 Å². The van der Waals surface area contributed by atoms with E-state index in [1.807, 2.05) is 0 Å². The molecule has 178 valence electrons. The summed E-state index contributed by atoms with van der Waals surface area (Å²) >= 11 is 1.10. The number of rotatable bonds is 7. The SMILES string of the molecule is Cn1c(CNC(=O)c2ccc3c(c2)OCO3)nnc1SCC(=O)Nc1ccc(C(F)(F)F)cc1. The minimum absolute atomic E-state index is 0.0312.